The Kier molecular flexibility index (Phi) is 5.06. The van der Waals surface area contributed by atoms with Gasteiger partial charge in [0, 0.05) is 6.04 Å². The van der Waals surface area contributed by atoms with E-state index in [-0.39, 0.29) is 0 Å². The van der Waals surface area contributed by atoms with Gasteiger partial charge in [-0.2, -0.15) is 0 Å². The van der Waals surface area contributed by atoms with Crippen LogP contribution in [-0.2, 0) is 0 Å². The lowest BCUT2D eigenvalue weighted by Gasteiger charge is -2.25. The molecule has 1 aliphatic carbocycles. The predicted molar refractivity (Wildman–Crippen MR) is 76.0 cm³/mol. The fraction of sp³-hybridized carbons (Fsp3) is 0.625. The van der Waals surface area contributed by atoms with Crippen LogP contribution in [0.5, 0.6) is 5.75 Å². The Morgan fingerprint density at radius 3 is 2.39 bits per heavy atom. The van der Waals surface area contributed by atoms with Gasteiger partial charge in [0.25, 0.3) is 0 Å². The first kappa shape index (κ1) is 13.4. The van der Waals surface area contributed by atoms with Gasteiger partial charge < -0.3 is 10.1 Å². The van der Waals surface area contributed by atoms with Crippen molar-refractivity contribution in [1.82, 2.24) is 5.32 Å². The Morgan fingerprint density at radius 2 is 1.83 bits per heavy atom. The van der Waals surface area contributed by atoms with E-state index in [9.17, 15) is 0 Å². The summed E-state index contributed by atoms with van der Waals surface area (Å²) in [5.41, 5.74) is 1.41. The van der Waals surface area contributed by atoms with Crippen molar-refractivity contribution < 1.29 is 4.74 Å². The molecule has 1 aromatic carbocycles. The summed E-state index contributed by atoms with van der Waals surface area (Å²) < 4.78 is 5.51. The molecule has 1 fully saturated rings. The zero-order chi connectivity index (χ0) is 12.8. The molecule has 1 atom stereocenters. The van der Waals surface area contributed by atoms with Gasteiger partial charge in [-0.15, -0.1) is 0 Å². The maximum atomic E-state index is 5.51. The van der Waals surface area contributed by atoms with E-state index in [4.69, 9.17) is 4.74 Å². The highest BCUT2D eigenvalue weighted by Gasteiger charge is 2.25. The van der Waals surface area contributed by atoms with Crippen LogP contribution >= 0.6 is 0 Å². The molecule has 2 heteroatoms. The highest BCUT2D eigenvalue weighted by Crippen LogP contribution is 2.36. The molecule has 1 aliphatic rings. The molecule has 100 valence electrons. The van der Waals surface area contributed by atoms with Crippen LogP contribution in [0.3, 0.4) is 0 Å². The highest BCUT2D eigenvalue weighted by atomic mass is 16.5. The molecule has 1 saturated carbocycles. The van der Waals surface area contributed by atoms with E-state index in [1.165, 1.54) is 31.2 Å². The second kappa shape index (κ2) is 6.79. The minimum atomic E-state index is 0.521. The van der Waals surface area contributed by atoms with Crippen LogP contribution in [0, 0.1) is 5.92 Å². The smallest absolute Gasteiger partial charge is 0.119 e. The first-order chi connectivity index (χ1) is 8.85. The van der Waals surface area contributed by atoms with Crippen molar-refractivity contribution in [3.8, 4) is 5.75 Å². The Hall–Kier alpha value is -1.02. The summed E-state index contributed by atoms with van der Waals surface area (Å²) >= 11 is 0. The zero-order valence-corrected chi connectivity index (χ0v) is 11.6. The molecule has 18 heavy (non-hydrogen) atoms. The van der Waals surface area contributed by atoms with Crippen molar-refractivity contribution in [3.63, 3.8) is 0 Å². The zero-order valence-electron chi connectivity index (χ0n) is 11.6. The predicted octanol–water partition coefficient (Wildman–Crippen LogP) is 3.93. The molecule has 0 saturated heterocycles. The van der Waals surface area contributed by atoms with Gasteiger partial charge in [-0.25, -0.2) is 0 Å². The molecule has 0 amide bonds. The Balaban J connectivity index is 2.09. The topological polar surface area (TPSA) is 21.3 Å². The van der Waals surface area contributed by atoms with Crippen LogP contribution in [0.25, 0.3) is 0 Å². The number of hydrogen-bond donors (Lipinski definition) is 1. The van der Waals surface area contributed by atoms with Gasteiger partial charge in [0.1, 0.15) is 5.75 Å². The molecule has 1 unspecified atom stereocenters. The third-order valence-electron chi connectivity index (χ3n) is 3.85. The maximum Gasteiger partial charge on any atom is 0.119 e. The number of ether oxygens (including phenoxy) is 1. The SMILES string of the molecule is CCNC(c1ccc(OCC)cc1)C1CCCC1. The number of rotatable bonds is 6. The summed E-state index contributed by atoms with van der Waals surface area (Å²) in [6, 6.07) is 9.15. The van der Waals surface area contributed by atoms with E-state index < -0.39 is 0 Å². The lowest BCUT2D eigenvalue weighted by molar-refractivity contribution is 0.339. The van der Waals surface area contributed by atoms with Crippen molar-refractivity contribution in [2.75, 3.05) is 13.2 Å². The van der Waals surface area contributed by atoms with Crippen molar-refractivity contribution in [2.24, 2.45) is 5.92 Å². The van der Waals surface area contributed by atoms with Crippen LogP contribution in [0.15, 0.2) is 24.3 Å². The molecule has 1 aromatic rings. The minimum absolute atomic E-state index is 0.521. The molecule has 0 aliphatic heterocycles. The molecule has 0 heterocycles. The average molecular weight is 247 g/mol. The van der Waals surface area contributed by atoms with Crippen molar-refractivity contribution >= 4 is 0 Å². The maximum absolute atomic E-state index is 5.51. The minimum Gasteiger partial charge on any atom is -0.494 e. The van der Waals surface area contributed by atoms with Crippen LogP contribution < -0.4 is 10.1 Å². The molecular weight excluding hydrogens is 222 g/mol. The quantitative estimate of drug-likeness (QED) is 0.822. The summed E-state index contributed by atoms with van der Waals surface area (Å²) in [4.78, 5) is 0. The monoisotopic (exact) mass is 247 g/mol. The number of benzene rings is 1. The van der Waals surface area contributed by atoms with Gasteiger partial charge >= 0.3 is 0 Å². The van der Waals surface area contributed by atoms with E-state index in [2.05, 4.69) is 36.5 Å². The Labute approximate surface area is 111 Å². The van der Waals surface area contributed by atoms with Crippen molar-refractivity contribution in [2.45, 2.75) is 45.6 Å². The fourth-order valence-corrected chi connectivity index (χ4v) is 3.01. The van der Waals surface area contributed by atoms with Crippen LogP contribution in [-0.4, -0.2) is 13.2 Å². The average Bonchev–Trinajstić information content (AvgIpc) is 2.91. The molecule has 0 bridgehead atoms. The van der Waals surface area contributed by atoms with E-state index in [0.29, 0.717) is 6.04 Å². The summed E-state index contributed by atoms with van der Waals surface area (Å²) in [7, 11) is 0. The molecule has 1 N–H and O–H groups in total. The second-order valence-electron chi connectivity index (χ2n) is 5.08. The Morgan fingerprint density at radius 1 is 1.17 bits per heavy atom. The van der Waals surface area contributed by atoms with E-state index in [1.807, 2.05) is 6.92 Å². The van der Waals surface area contributed by atoms with Gasteiger partial charge in [-0.1, -0.05) is 31.9 Å². The van der Waals surface area contributed by atoms with Gasteiger partial charge in [-0.05, 0) is 49.9 Å². The van der Waals surface area contributed by atoms with Crippen LogP contribution in [0.4, 0.5) is 0 Å². The highest BCUT2D eigenvalue weighted by molar-refractivity contribution is 5.29. The van der Waals surface area contributed by atoms with E-state index in [1.54, 1.807) is 0 Å². The molecule has 0 spiro atoms. The largest absolute Gasteiger partial charge is 0.494 e. The molecule has 0 radical (unpaired) electrons. The van der Waals surface area contributed by atoms with Crippen molar-refractivity contribution in [1.29, 1.82) is 0 Å². The van der Waals surface area contributed by atoms with Gasteiger partial charge in [0.2, 0.25) is 0 Å². The first-order valence-electron chi connectivity index (χ1n) is 7.31. The normalized spacial score (nSPS) is 17.9. The summed E-state index contributed by atoms with van der Waals surface area (Å²) in [5, 5.41) is 3.65. The fourth-order valence-electron chi connectivity index (χ4n) is 3.01. The van der Waals surface area contributed by atoms with Crippen molar-refractivity contribution in [3.05, 3.63) is 29.8 Å². The van der Waals surface area contributed by atoms with E-state index in [0.717, 1.165) is 24.8 Å². The lowest BCUT2D eigenvalue weighted by atomic mass is 9.91. The van der Waals surface area contributed by atoms with Gasteiger partial charge in [0.15, 0.2) is 0 Å². The standard InChI is InChI=1S/C16H25NO/c1-3-17-16(13-7-5-6-8-13)14-9-11-15(12-10-14)18-4-2/h9-13,16-17H,3-8H2,1-2H3. The summed E-state index contributed by atoms with van der Waals surface area (Å²) in [6.07, 6.45) is 5.52. The summed E-state index contributed by atoms with van der Waals surface area (Å²) in [6.45, 7) is 5.98. The molecular formula is C16H25NO. The third kappa shape index (κ3) is 3.26. The first-order valence-corrected chi connectivity index (χ1v) is 7.31. The van der Waals surface area contributed by atoms with Crippen LogP contribution in [0.2, 0.25) is 0 Å². The third-order valence-corrected chi connectivity index (χ3v) is 3.85. The second-order valence-corrected chi connectivity index (χ2v) is 5.08. The molecule has 2 nitrogen and oxygen atoms in total. The lowest BCUT2D eigenvalue weighted by Crippen LogP contribution is -2.26. The Bertz CT molecular complexity index is 341. The van der Waals surface area contributed by atoms with Crippen LogP contribution in [0.1, 0.15) is 51.1 Å². The van der Waals surface area contributed by atoms with Gasteiger partial charge in [0.05, 0.1) is 6.61 Å². The molecule has 2 rings (SSSR count). The number of hydrogen-bond acceptors (Lipinski definition) is 2. The molecule has 0 aromatic heterocycles. The number of nitrogens with one attached hydrogen (secondary N) is 1. The summed E-state index contributed by atoms with van der Waals surface area (Å²) in [5.74, 6) is 1.78. The van der Waals surface area contributed by atoms with Gasteiger partial charge in [-0.3, -0.25) is 0 Å². The van der Waals surface area contributed by atoms with E-state index >= 15 is 0 Å².